The van der Waals surface area contributed by atoms with Crippen molar-refractivity contribution in [2.24, 2.45) is 5.92 Å². The van der Waals surface area contributed by atoms with Gasteiger partial charge in [0.1, 0.15) is 0 Å². The minimum Gasteiger partial charge on any atom is -0.481 e. The number of aliphatic carboxylic acids is 1. The van der Waals surface area contributed by atoms with E-state index < -0.39 is 5.97 Å². The number of hydrogen-bond acceptors (Lipinski definition) is 4. The third-order valence-electron chi connectivity index (χ3n) is 3.46. The van der Waals surface area contributed by atoms with Gasteiger partial charge in [-0.15, -0.1) is 0 Å². The van der Waals surface area contributed by atoms with Crippen molar-refractivity contribution in [3.63, 3.8) is 0 Å². The molecule has 2 aliphatic rings. The van der Waals surface area contributed by atoms with Crippen LogP contribution in [0.25, 0.3) is 0 Å². The van der Waals surface area contributed by atoms with Crippen LogP contribution < -0.4 is 5.32 Å². The summed E-state index contributed by atoms with van der Waals surface area (Å²) in [6.07, 6.45) is 1.21. The molecule has 0 radical (unpaired) electrons. The molecule has 2 rings (SSSR count). The van der Waals surface area contributed by atoms with Crippen LogP contribution in [-0.4, -0.2) is 64.1 Å². The van der Waals surface area contributed by atoms with Crippen molar-refractivity contribution in [1.82, 2.24) is 10.2 Å². The largest absolute Gasteiger partial charge is 0.481 e. The molecule has 2 heterocycles. The monoisotopic (exact) mass is 304 g/mol. The number of urea groups is 1. The Kier molecular flexibility index (Phi) is 5.69. The lowest BCUT2D eigenvalue weighted by Gasteiger charge is -2.34. The predicted octanol–water partition coefficient (Wildman–Crippen LogP) is 1.34. The first-order chi connectivity index (χ1) is 9.16. The molecule has 0 bridgehead atoms. The molecule has 19 heavy (non-hydrogen) atoms. The number of carbonyl (C=O) groups is 2. The third kappa shape index (κ3) is 4.49. The summed E-state index contributed by atoms with van der Waals surface area (Å²) in [4.78, 5) is 24.7. The van der Waals surface area contributed by atoms with Gasteiger partial charge in [0.25, 0.3) is 0 Å². The second-order valence-electron chi connectivity index (χ2n) is 4.94. The Morgan fingerprint density at radius 1 is 1.26 bits per heavy atom. The van der Waals surface area contributed by atoms with Gasteiger partial charge >= 0.3 is 12.0 Å². The van der Waals surface area contributed by atoms with Gasteiger partial charge < -0.3 is 15.3 Å². The van der Waals surface area contributed by atoms with Crippen molar-refractivity contribution < 1.29 is 14.7 Å². The van der Waals surface area contributed by atoms with E-state index in [1.165, 1.54) is 12.2 Å². The molecule has 0 saturated carbocycles. The van der Waals surface area contributed by atoms with Gasteiger partial charge in [-0.3, -0.25) is 4.79 Å². The second-order valence-corrected chi connectivity index (χ2v) is 7.24. The van der Waals surface area contributed by atoms with Gasteiger partial charge in [-0.2, -0.15) is 23.5 Å². The summed E-state index contributed by atoms with van der Waals surface area (Å²) in [5.41, 5.74) is 0. The van der Waals surface area contributed by atoms with Crippen LogP contribution in [0.5, 0.6) is 0 Å². The maximum atomic E-state index is 12.2. The Bertz CT molecular complexity index is 335. The first-order valence-electron chi connectivity index (χ1n) is 6.58. The number of rotatable bonds is 4. The number of amides is 2. The van der Waals surface area contributed by atoms with E-state index in [-0.39, 0.29) is 18.5 Å². The maximum Gasteiger partial charge on any atom is 0.317 e. The summed E-state index contributed by atoms with van der Waals surface area (Å²) in [6, 6.07) is -0.266. The van der Waals surface area contributed by atoms with E-state index in [1.807, 2.05) is 11.8 Å². The van der Waals surface area contributed by atoms with Crippen LogP contribution in [0.1, 0.15) is 12.8 Å². The summed E-state index contributed by atoms with van der Waals surface area (Å²) >= 11 is 3.65. The Labute approximate surface area is 121 Å². The van der Waals surface area contributed by atoms with Crippen molar-refractivity contribution in [3.05, 3.63) is 0 Å². The first-order valence-corrected chi connectivity index (χ1v) is 8.89. The molecule has 5 nitrogen and oxygen atoms in total. The molecule has 2 N–H and O–H groups in total. The van der Waals surface area contributed by atoms with E-state index in [4.69, 9.17) is 5.11 Å². The number of nitrogens with zero attached hydrogens (tertiary/aromatic N) is 1. The summed E-state index contributed by atoms with van der Waals surface area (Å²) in [7, 11) is 0. The van der Waals surface area contributed by atoms with E-state index in [2.05, 4.69) is 5.32 Å². The van der Waals surface area contributed by atoms with Gasteiger partial charge in [-0.05, 0) is 23.8 Å². The number of carboxylic acid groups (broad SMARTS) is 1. The summed E-state index contributed by atoms with van der Waals surface area (Å²) in [5.74, 6) is 3.66. The fourth-order valence-corrected chi connectivity index (χ4v) is 4.72. The zero-order valence-electron chi connectivity index (χ0n) is 10.8. The van der Waals surface area contributed by atoms with Gasteiger partial charge in [0.05, 0.1) is 12.5 Å². The van der Waals surface area contributed by atoms with E-state index in [1.54, 1.807) is 16.7 Å². The first kappa shape index (κ1) is 14.8. The van der Waals surface area contributed by atoms with Crippen molar-refractivity contribution in [1.29, 1.82) is 0 Å². The number of carboxylic acids is 1. The summed E-state index contributed by atoms with van der Waals surface area (Å²) in [5, 5.41) is 11.9. The smallest absolute Gasteiger partial charge is 0.317 e. The topological polar surface area (TPSA) is 69.6 Å². The lowest BCUT2D eigenvalue weighted by Crippen LogP contribution is -2.51. The molecule has 2 saturated heterocycles. The number of carbonyl (C=O) groups excluding carboxylic acids is 1. The van der Waals surface area contributed by atoms with Crippen LogP contribution in [0.2, 0.25) is 0 Å². The van der Waals surface area contributed by atoms with Crippen LogP contribution in [0.3, 0.4) is 0 Å². The van der Waals surface area contributed by atoms with Crippen molar-refractivity contribution in [2.45, 2.75) is 18.9 Å². The zero-order valence-corrected chi connectivity index (χ0v) is 12.5. The minimum atomic E-state index is -0.836. The van der Waals surface area contributed by atoms with E-state index >= 15 is 0 Å². The Balaban J connectivity index is 1.82. The molecular formula is C12H20N2O3S2. The minimum absolute atomic E-state index is 0.0414. The molecule has 2 unspecified atom stereocenters. The van der Waals surface area contributed by atoms with Crippen LogP contribution in [0.4, 0.5) is 4.79 Å². The van der Waals surface area contributed by atoms with Crippen molar-refractivity contribution in [2.75, 3.05) is 36.1 Å². The Hall–Kier alpha value is -0.560. The van der Waals surface area contributed by atoms with Crippen LogP contribution >= 0.6 is 23.5 Å². The molecular weight excluding hydrogens is 284 g/mol. The maximum absolute atomic E-state index is 12.2. The normalized spacial score (nSPS) is 27.3. The number of nitrogens with one attached hydrogen (secondary N) is 1. The molecule has 0 spiro atoms. The fourth-order valence-electron chi connectivity index (χ4n) is 2.37. The van der Waals surface area contributed by atoms with Gasteiger partial charge in [0.2, 0.25) is 0 Å². The van der Waals surface area contributed by atoms with Crippen molar-refractivity contribution >= 4 is 35.5 Å². The SMILES string of the molecule is O=C(O)CC1CSCCN1C(=O)NCC1CCSC1. The highest BCUT2D eigenvalue weighted by atomic mass is 32.2. The van der Waals surface area contributed by atoms with Gasteiger partial charge in [-0.1, -0.05) is 0 Å². The lowest BCUT2D eigenvalue weighted by atomic mass is 10.1. The molecule has 7 heteroatoms. The fraction of sp³-hybridized carbons (Fsp3) is 0.833. The molecule has 2 fully saturated rings. The van der Waals surface area contributed by atoms with Crippen molar-refractivity contribution in [3.8, 4) is 0 Å². The molecule has 0 aromatic heterocycles. The average molecular weight is 304 g/mol. The van der Waals surface area contributed by atoms with Crippen LogP contribution in [0, 0.1) is 5.92 Å². The third-order valence-corrected chi connectivity index (χ3v) is 5.79. The lowest BCUT2D eigenvalue weighted by molar-refractivity contribution is -0.137. The Morgan fingerprint density at radius 3 is 2.74 bits per heavy atom. The quantitative estimate of drug-likeness (QED) is 0.820. The number of thioether (sulfide) groups is 2. The summed E-state index contributed by atoms with van der Waals surface area (Å²) in [6.45, 7) is 1.36. The molecule has 108 valence electrons. The highest BCUT2D eigenvalue weighted by Crippen LogP contribution is 2.23. The highest BCUT2D eigenvalue weighted by molar-refractivity contribution is 7.99. The molecule has 0 aromatic carbocycles. The average Bonchev–Trinajstić information content (AvgIpc) is 2.89. The molecule has 2 atom stereocenters. The van der Waals surface area contributed by atoms with E-state index in [9.17, 15) is 9.59 Å². The summed E-state index contributed by atoms with van der Waals surface area (Å²) < 4.78 is 0. The van der Waals surface area contributed by atoms with Crippen LogP contribution in [-0.2, 0) is 4.79 Å². The van der Waals surface area contributed by atoms with Gasteiger partial charge in [-0.25, -0.2) is 4.79 Å². The second kappa shape index (κ2) is 7.28. The molecule has 2 aliphatic heterocycles. The predicted molar refractivity (Wildman–Crippen MR) is 78.9 cm³/mol. The highest BCUT2D eigenvalue weighted by Gasteiger charge is 2.29. The molecule has 2 amide bonds. The molecule has 0 aliphatic carbocycles. The van der Waals surface area contributed by atoms with E-state index in [0.29, 0.717) is 12.5 Å². The zero-order chi connectivity index (χ0) is 13.7. The Morgan fingerprint density at radius 2 is 2.05 bits per heavy atom. The van der Waals surface area contributed by atoms with E-state index in [0.717, 1.165) is 23.8 Å². The van der Waals surface area contributed by atoms with Crippen LogP contribution in [0.15, 0.2) is 0 Å². The van der Waals surface area contributed by atoms with Gasteiger partial charge in [0.15, 0.2) is 0 Å². The number of hydrogen-bond donors (Lipinski definition) is 2. The standard InChI is InChI=1S/C12H20N2O3S2/c15-11(16)5-10-8-19-4-2-14(10)12(17)13-6-9-1-3-18-7-9/h9-10H,1-8H2,(H,13,17)(H,15,16). The molecule has 0 aromatic rings. The van der Waals surface area contributed by atoms with Gasteiger partial charge in [0, 0.05) is 24.6 Å².